The largest absolute Gasteiger partial charge is 0.444 e. The molecule has 1 fully saturated rings. The second-order valence-electron chi connectivity index (χ2n) is 6.98. The first-order chi connectivity index (χ1) is 10.4. The van der Waals surface area contributed by atoms with Gasteiger partial charge in [-0.1, -0.05) is 12.1 Å². The Labute approximate surface area is 131 Å². The van der Waals surface area contributed by atoms with Crippen molar-refractivity contribution in [3.8, 4) is 0 Å². The monoisotopic (exact) mass is 304 g/mol. The third kappa shape index (κ3) is 3.35. The Morgan fingerprint density at radius 3 is 2.86 bits per heavy atom. The van der Waals surface area contributed by atoms with Gasteiger partial charge in [0.05, 0.1) is 19.2 Å². The van der Waals surface area contributed by atoms with Gasteiger partial charge in [-0.25, -0.2) is 4.79 Å². The van der Waals surface area contributed by atoms with Gasteiger partial charge in [-0.3, -0.25) is 4.90 Å². The number of hydrogen-bond donors (Lipinski definition) is 1. The quantitative estimate of drug-likeness (QED) is 0.912. The van der Waals surface area contributed by atoms with Crippen LogP contribution in [0.4, 0.5) is 10.5 Å². The van der Waals surface area contributed by atoms with Gasteiger partial charge >= 0.3 is 6.09 Å². The van der Waals surface area contributed by atoms with Gasteiger partial charge in [0.1, 0.15) is 5.60 Å². The Hall–Kier alpha value is -1.75. The van der Waals surface area contributed by atoms with E-state index in [1.165, 1.54) is 11.1 Å². The van der Waals surface area contributed by atoms with E-state index < -0.39 is 5.60 Å². The van der Waals surface area contributed by atoms with Crippen molar-refractivity contribution < 1.29 is 14.3 Å². The summed E-state index contributed by atoms with van der Waals surface area (Å²) in [5.74, 6) is 0. The third-order valence-corrected chi connectivity index (χ3v) is 3.92. The summed E-state index contributed by atoms with van der Waals surface area (Å²) >= 11 is 0. The summed E-state index contributed by atoms with van der Waals surface area (Å²) in [5.41, 5.74) is 3.03. The molecule has 2 aliphatic heterocycles. The Balaban J connectivity index is 1.71. The number of anilines is 1. The van der Waals surface area contributed by atoms with E-state index in [-0.39, 0.29) is 6.09 Å². The summed E-state index contributed by atoms with van der Waals surface area (Å²) in [5, 5.41) is 3.55. The molecular weight excluding hydrogens is 280 g/mol. The summed E-state index contributed by atoms with van der Waals surface area (Å²) < 4.78 is 10.9. The molecule has 0 aliphatic carbocycles. The minimum Gasteiger partial charge on any atom is -0.444 e. The van der Waals surface area contributed by atoms with Crippen molar-refractivity contribution in [2.75, 3.05) is 18.5 Å². The molecule has 2 aliphatic rings. The van der Waals surface area contributed by atoms with Crippen LogP contribution in [0.5, 0.6) is 0 Å². The first-order valence-corrected chi connectivity index (χ1v) is 7.85. The number of rotatable bonds is 2. The fourth-order valence-corrected chi connectivity index (χ4v) is 2.88. The maximum atomic E-state index is 12.2. The van der Waals surface area contributed by atoms with E-state index in [0.29, 0.717) is 19.1 Å². The van der Waals surface area contributed by atoms with Crippen LogP contribution in [0.2, 0.25) is 0 Å². The van der Waals surface area contributed by atoms with Crippen molar-refractivity contribution in [1.82, 2.24) is 4.90 Å². The maximum absolute atomic E-state index is 12.2. The average molecular weight is 304 g/mol. The highest BCUT2D eigenvalue weighted by Crippen LogP contribution is 2.31. The zero-order valence-corrected chi connectivity index (χ0v) is 13.5. The van der Waals surface area contributed by atoms with Gasteiger partial charge < -0.3 is 14.8 Å². The standard InChI is InChI=1S/C17H24N2O3/c1-17(2,3)22-16(20)19-9-12-5-4-6-15(14(12)10-19)18-13-7-8-21-11-13/h4-6,13,18H,7-11H2,1-3H3/t13-/m1/s1. The highest BCUT2D eigenvalue weighted by atomic mass is 16.6. The van der Waals surface area contributed by atoms with Crippen LogP contribution < -0.4 is 5.32 Å². The van der Waals surface area contributed by atoms with Crippen LogP contribution in [0.1, 0.15) is 38.3 Å². The normalized spacial score (nSPS) is 20.9. The Bertz CT molecular complexity index is 560. The molecule has 0 spiro atoms. The van der Waals surface area contributed by atoms with Crippen LogP contribution in [0.3, 0.4) is 0 Å². The number of carbonyl (C=O) groups excluding carboxylic acids is 1. The molecule has 1 aromatic carbocycles. The van der Waals surface area contributed by atoms with Gasteiger partial charge in [0.2, 0.25) is 0 Å². The van der Waals surface area contributed by atoms with Crippen molar-refractivity contribution in [2.24, 2.45) is 0 Å². The molecular formula is C17H24N2O3. The van der Waals surface area contributed by atoms with E-state index in [9.17, 15) is 4.79 Å². The Morgan fingerprint density at radius 2 is 2.18 bits per heavy atom. The van der Waals surface area contributed by atoms with Crippen LogP contribution in [0, 0.1) is 0 Å². The number of nitrogens with one attached hydrogen (secondary N) is 1. The van der Waals surface area contributed by atoms with Crippen LogP contribution in [-0.2, 0) is 22.6 Å². The smallest absolute Gasteiger partial charge is 0.410 e. The number of hydrogen-bond acceptors (Lipinski definition) is 4. The lowest BCUT2D eigenvalue weighted by molar-refractivity contribution is 0.0242. The van der Waals surface area contributed by atoms with Crippen molar-refractivity contribution in [1.29, 1.82) is 0 Å². The number of fused-ring (bicyclic) bond motifs is 1. The number of ether oxygens (including phenoxy) is 2. The highest BCUT2D eigenvalue weighted by Gasteiger charge is 2.29. The molecule has 1 amide bonds. The molecule has 1 saturated heterocycles. The molecule has 22 heavy (non-hydrogen) atoms. The van der Waals surface area contributed by atoms with Gasteiger partial charge in [0, 0.05) is 18.8 Å². The summed E-state index contributed by atoms with van der Waals surface area (Å²) in [6.45, 7) is 8.45. The average Bonchev–Trinajstić information content (AvgIpc) is 3.05. The molecule has 0 unspecified atom stereocenters. The molecule has 5 nitrogen and oxygen atoms in total. The predicted octanol–water partition coefficient (Wildman–Crippen LogP) is 3.14. The van der Waals surface area contributed by atoms with Gasteiger partial charge in [-0.15, -0.1) is 0 Å². The van der Waals surface area contributed by atoms with Crippen LogP contribution in [0.15, 0.2) is 18.2 Å². The van der Waals surface area contributed by atoms with Gasteiger partial charge in [0.25, 0.3) is 0 Å². The van der Waals surface area contributed by atoms with Crippen LogP contribution in [0.25, 0.3) is 0 Å². The molecule has 5 heteroatoms. The Kier molecular flexibility index (Phi) is 4.00. The van der Waals surface area contributed by atoms with Crippen LogP contribution in [-0.4, -0.2) is 35.8 Å². The highest BCUT2D eigenvalue weighted by molar-refractivity contribution is 5.71. The molecule has 2 heterocycles. The van der Waals surface area contributed by atoms with Gasteiger partial charge in [-0.05, 0) is 44.4 Å². The van der Waals surface area contributed by atoms with Crippen molar-refractivity contribution in [2.45, 2.75) is 51.9 Å². The molecule has 0 saturated carbocycles. The van der Waals surface area contributed by atoms with Crippen molar-refractivity contribution in [3.63, 3.8) is 0 Å². The molecule has 1 N–H and O–H groups in total. The van der Waals surface area contributed by atoms with E-state index in [2.05, 4.69) is 17.4 Å². The lowest BCUT2D eigenvalue weighted by atomic mass is 10.1. The SMILES string of the molecule is CC(C)(C)OC(=O)N1Cc2cccc(N[C@@H]3CCOC3)c2C1. The molecule has 0 aromatic heterocycles. The summed E-state index contributed by atoms with van der Waals surface area (Å²) in [7, 11) is 0. The first kappa shape index (κ1) is 15.2. The van der Waals surface area contributed by atoms with E-state index >= 15 is 0 Å². The molecule has 1 atom stereocenters. The molecule has 120 valence electrons. The van der Waals surface area contributed by atoms with Gasteiger partial charge in [-0.2, -0.15) is 0 Å². The van der Waals surface area contributed by atoms with Crippen molar-refractivity contribution >= 4 is 11.8 Å². The summed E-state index contributed by atoms with van der Waals surface area (Å²) in [6, 6.07) is 6.56. The van der Waals surface area contributed by atoms with Crippen molar-refractivity contribution in [3.05, 3.63) is 29.3 Å². The minimum atomic E-state index is -0.464. The number of carbonyl (C=O) groups is 1. The molecule has 1 aromatic rings. The Morgan fingerprint density at radius 1 is 1.36 bits per heavy atom. The van der Waals surface area contributed by atoms with Gasteiger partial charge in [0.15, 0.2) is 0 Å². The van der Waals surface area contributed by atoms with E-state index in [1.54, 1.807) is 4.90 Å². The molecule has 0 bridgehead atoms. The second-order valence-corrected chi connectivity index (χ2v) is 6.98. The number of nitrogens with zero attached hydrogens (tertiary/aromatic N) is 1. The predicted molar refractivity (Wildman–Crippen MR) is 84.8 cm³/mol. The lowest BCUT2D eigenvalue weighted by Gasteiger charge is -2.24. The topological polar surface area (TPSA) is 50.8 Å². The zero-order valence-electron chi connectivity index (χ0n) is 13.5. The van der Waals surface area contributed by atoms with Crippen LogP contribution >= 0.6 is 0 Å². The van der Waals surface area contributed by atoms with E-state index in [4.69, 9.17) is 9.47 Å². The third-order valence-electron chi connectivity index (χ3n) is 3.92. The second kappa shape index (κ2) is 5.80. The first-order valence-electron chi connectivity index (χ1n) is 7.85. The number of benzene rings is 1. The molecule has 3 rings (SSSR count). The zero-order chi connectivity index (χ0) is 15.7. The fraction of sp³-hybridized carbons (Fsp3) is 0.588. The number of amides is 1. The minimum absolute atomic E-state index is 0.251. The summed E-state index contributed by atoms with van der Waals surface area (Å²) in [6.07, 6.45) is 0.776. The van der Waals surface area contributed by atoms with E-state index in [0.717, 1.165) is 25.3 Å². The lowest BCUT2D eigenvalue weighted by Crippen LogP contribution is -2.33. The summed E-state index contributed by atoms with van der Waals surface area (Å²) in [4.78, 5) is 14.0. The maximum Gasteiger partial charge on any atom is 0.410 e. The van der Waals surface area contributed by atoms with E-state index in [1.807, 2.05) is 26.8 Å². The molecule has 0 radical (unpaired) electrons. The fourth-order valence-electron chi connectivity index (χ4n) is 2.88.